The number of carbonyl (C=O) groups is 1. The summed E-state index contributed by atoms with van der Waals surface area (Å²) in [6.07, 6.45) is 1.61. The summed E-state index contributed by atoms with van der Waals surface area (Å²) in [5.41, 5.74) is 2.26. The van der Waals surface area contributed by atoms with Gasteiger partial charge in [0.1, 0.15) is 5.82 Å². The molecule has 168 valence electrons. The molecule has 1 aromatic heterocycles. The largest absolute Gasteiger partial charge is 0.383 e. The highest BCUT2D eigenvalue weighted by molar-refractivity contribution is 6.31. The van der Waals surface area contributed by atoms with Crippen molar-refractivity contribution in [3.8, 4) is 0 Å². The normalized spacial score (nSPS) is 11.5. The molecule has 0 fully saturated rings. The van der Waals surface area contributed by atoms with E-state index in [0.29, 0.717) is 34.8 Å². The van der Waals surface area contributed by atoms with Crippen LogP contribution in [0.15, 0.2) is 60.8 Å². The Morgan fingerprint density at radius 1 is 1.12 bits per heavy atom. The first-order chi connectivity index (χ1) is 15.4. The molecule has 9 heteroatoms. The molecule has 0 saturated carbocycles. The van der Waals surface area contributed by atoms with Crippen LogP contribution in [-0.2, 0) is 4.74 Å². The van der Waals surface area contributed by atoms with Crippen molar-refractivity contribution in [2.24, 2.45) is 0 Å². The molecule has 3 rings (SSSR count). The third-order valence-electron chi connectivity index (χ3n) is 4.57. The Kier molecular flexibility index (Phi) is 7.86. The van der Waals surface area contributed by atoms with Crippen molar-refractivity contribution in [1.82, 2.24) is 9.97 Å². The third kappa shape index (κ3) is 6.09. The lowest BCUT2D eigenvalue weighted by atomic mass is 10.2. The number of nitrogens with zero attached hydrogens (tertiary/aromatic N) is 4. The second-order valence-corrected chi connectivity index (χ2v) is 7.86. The van der Waals surface area contributed by atoms with Crippen LogP contribution in [0.4, 0.5) is 33.6 Å². The number of carbonyl (C=O) groups excluding carboxylic acids is 1. The number of hydrogen-bond acceptors (Lipinski definition) is 6. The maximum absolute atomic E-state index is 13.3. The average Bonchev–Trinajstić information content (AvgIpc) is 2.75. The number of amides is 2. The zero-order valence-corrected chi connectivity index (χ0v) is 19.3. The molecule has 0 aliphatic rings. The summed E-state index contributed by atoms with van der Waals surface area (Å²) in [6.45, 7) is 2.46. The minimum atomic E-state index is -0.376. The molecule has 0 bridgehead atoms. The Morgan fingerprint density at radius 3 is 2.50 bits per heavy atom. The molecule has 3 aromatic rings. The topological polar surface area (TPSA) is 82.6 Å². The number of aromatic nitrogens is 2. The Bertz CT molecular complexity index is 1040. The van der Waals surface area contributed by atoms with Gasteiger partial charge in [0.2, 0.25) is 5.95 Å². The van der Waals surface area contributed by atoms with E-state index in [2.05, 4.69) is 20.6 Å². The van der Waals surface area contributed by atoms with Crippen LogP contribution in [0, 0.1) is 0 Å². The second kappa shape index (κ2) is 10.8. The zero-order chi connectivity index (χ0) is 23.1. The molecule has 1 unspecified atom stereocenters. The van der Waals surface area contributed by atoms with E-state index in [1.807, 2.05) is 50.2 Å². The van der Waals surface area contributed by atoms with E-state index in [1.165, 1.54) is 4.90 Å². The highest BCUT2D eigenvalue weighted by Gasteiger charge is 2.21. The summed E-state index contributed by atoms with van der Waals surface area (Å²) in [5.74, 6) is 0.821. The summed E-state index contributed by atoms with van der Waals surface area (Å²) < 4.78 is 5.16. The van der Waals surface area contributed by atoms with Crippen molar-refractivity contribution in [2.45, 2.75) is 13.0 Å². The highest BCUT2D eigenvalue weighted by atomic mass is 35.5. The average molecular weight is 455 g/mol. The van der Waals surface area contributed by atoms with E-state index in [0.717, 1.165) is 5.69 Å². The van der Waals surface area contributed by atoms with Gasteiger partial charge in [-0.3, -0.25) is 0 Å². The predicted molar refractivity (Wildman–Crippen MR) is 130 cm³/mol. The number of methoxy groups -OCH3 is 1. The van der Waals surface area contributed by atoms with Crippen LogP contribution in [0.1, 0.15) is 6.92 Å². The number of ether oxygens (including phenoxy) is 1. The van der Waals surface area contributed by atoms with Gasteiger partial charge in [0.05, 0.1) is 12.3 Å². The van der Waals surface area contributed by atoms with Gasteiger partial charge >= 0.3 is 6.03 Å². The summed E-state index contributed by atoms with van der Waals surface area (Å²) in [6, 6.07) is 15.9. The zero-order valence-electron chi connectivity index (χ0n) is 18.5. The quantitative estimate of drug-likeness (QED) is 0.497. The van der Waals surface area contributed by atoms with Crippen molar-refractivity contribution < 1.29 is 9.53 Å². The molecule has 0 saturated heterocycles. The van der Waals surface area contributed by atoms with Gasteiger partial charge in [0.15, 0.2) is 0 Å². The monoisotopic (exact) mass is 454 g/mol. The molecule has 1 atom stereocenters. The van der Waals surface area contributed by atoms with E-state index in [4.69, 9.17) is 16.3 Å². The number of hydrogen-bond donors (Lipinski definition) is 2. The fourth-order valence-electron chi connectivity index (χ4n) is 3.05. The molecule has 8 nitrogen and oxygen atoms in total. The lowest BCUT2D eigenvalue weighted by Gasteiger charge is -2.24. The maximum atomic E-state index is 13.3. The van der Waals surface area contributed by atoms with Gasteiger partial charge in [-0.2, -0.15) is 4.98 Å². The first-order valence-corrected chi connectivity index (χ1v) is 10.5. The molecule has 2 N–H and O–H groups in total. The van der Waals surface area contributed by atoms with E-state index < -0.39 is 0 Å². The molecular formula is C23H27ClN6O2. The van der Waals surface area contributed by atoms with Crippen LogP contribution >= 0.6 is 11.6 Å². The maximum Gasteiger partial charge on any atom is 0.332 e. The van der Waals surface area contributed by atoms with Crippen molar-refractivity contribution >= 4 is 46.5 Å². The van der Waals surface area contributed by atoms with Gasteiger partial charge in [-0.15, -0.1) is 0 Å². The van der Waals surface area contributed by atoms with Crippen LogP contribution in [-0.4, -0.2) is 49.9 Å². The molecule has 0 aliphatic heterocycles. The van der Waals surface area contributed by atoms with Crippen LogP contribution < -0.4 is 20.4 Å². The fourth-order valence-corrected chi connectivity index (χ4v) is 3.24. The highest BCUT2D eigenvalue weighted by Crippen LogP contribution is 2.28. The van der Waals surface area contributed by atoms with Crippen molar-refractivity contribution in [2.75, 3.05) is 48.2 Å². The van der Waals surface area contributed by atoms with Crippen LogP contribution in [0.3, 0.4) is 0 Å². The number of halogens is 1. The Labute approximate surface area is 193 Å². The van der Waals surface area contributed by atoms with Gasteiger partial charge < -0.3 is 20.3 Å². The lowest BCUT2D eigenvalue weighted by molar-refractivity contribution is 0.190. The Morgan fingerprint density at radius 2 is 1.84 bits per heavy atom. The van der Waals surface area contributed by atoms with Crippen LogP contribution in [0.25, 0.3) is 0 Å². The van der Waals surface area contributed by atoms with Gasteiger partial charge in [0, 0.05) is 55.9 Å². The van der Waals surface area contributed by atoms with Gasteiger partial charge in [-0.05, 0) is 49.4 Å². The van der Waals surface area contributed by atoms with Crippen molar-refractivity contribution in [3.05, 3.63) is 65.8 Å². The molecule has 0 radical (unpaired) electrons. The summed E-state index contributed by atoms with van der Waals surface area (Å²) >= 11 is 6.08. The van der Waals surface area contributed by atoms with Crippen molar-refractivity contribution in [3.63, 3.8) is 0 Å². The van der Waals surface area contributed by atoms with Gasteiger partial charge in [-0.25, -0.2) is 14.7 Å². The minimum absolute atomic E-state index is 0.00311. The van der Waals surface area contributed by atoms with Gasteiger partial charge in [-0.1, -0.05) is 17.7 Å². The molecule has 2 aromatic carbocycles. The first-order valence-electron chi connectivity index (χ1n) is 10.1. The van der Waals surface area contributed by atoms with Crippen LogP contribution in [0.5, 0.6) is 0 Å². The summed E-state index contributed by atoms with van der Waals surface area (Å²) in [4.78, 5) is 25.7. The summed E-state index contributed by atoms with van der Waals surface area (Å²) in [5, 5.41) is 6.60. The SMILES string of the molecule is COCC(C)Nc1nccc(N(C(=O)Nc2cccc(Cl)c2)c2ccc(N(C)C)cc2)n1. The Balaban J connectivity index is 1.95. The van der Waals surface area contributed by atoms with E-state index in [1.54, 1.807) is 43.6 Å². The Hall–Kier alpha value is -3.36. The fraction of sp³-hybridized carbons (Fsp3) is 0.261. The molecule has 0 spiro atoms. The van der Waals surface area contributed by atoms with Crippen LogP contribution in [0.2, 0.25) is 5.02 Å². The second-order valence-electron chi connectivity index (χ2n) is 7.43. The number of benzene rings is 2. The summed E-state index contributed by atoms with van der Waals surface area (Å²) in [7, 11) is 5.55. The minimum Gasteiger partial charge on any atom is -0.383 e. The number of anilines is 5. The number of nitrogens with one attached hydrogen (secondary N) is 2. The molecule has 32 heavy (non-hydrogen) atoms. The molecule has 2 amide bonds. The van der Waals surface area contributed by atoms with Gasteiger partial charge in [0.25, 0.3) is 0 Å². The van der Waals surface area contributed by atoms with Crippen molar-refractivity contribution in [1.29, 1.82) is 0 Å². The lowest BCUT2D eigenvalue weighted by Crippen LogP contribution is -2.32. The molecular weight excluding hydrogens is 428 g/mol. The molecule has 0 aliphatic carbocycles. The predicted octanol–water partition coefficient (Wildman–Crippen LogP) is 5.01. The van der Waals surface area contributed by atoms with E-state index in [9.17, 15) is 4.79 Å². The number of rotatable bonds is 8. The third-order valence-corrected chi connectivity index (χ3v) is 4.80. The standard InChI is InChI=1S/C23H27ClN6O2/c1-16(15-32-4)26-22-25-13-12-21(28-22)30(20-10-8-19(9-11-20)29(2)3)23(31)27-18-7-5-6-17(24)14-18/h5-14,16H,15H2,1-4H3,(H,27,31)(H,25,26,28). The van der Waals surface area contributed by atoms with E-state index in [-0.39, 0.29) is 12.1 Å². The first kappa shape index (κ1) is 23.3. The molecule has 1 heterocycles. The number of urea groups is 1. The smallest absolute Gasteiger partial charge is 0.332 e. The van der Waals surface area contributed by atoms with E-state index >= 15 is 0 Å².